The lowest BCUT2D eigenvalue weighted by atomic mass is 10.2. The van der Waals surface area contributed by atoms with Crippen LogP contribution < -0.4 is 15.6 Å². The minimum atomic E-state index is -0.413. The van der Waals surface area contributed by atoms with Gasteiger partial charge in [-0.15, -0.1) is 0 Å². The predicted octanol–water partition coefficient (Wildman–Crippen LogP) is 3.97. The van der Waals surface area contributed by atoms with E-state index in [0.29, 0.717) is 28.3 Å². The summed E-state index contributed by atoms with van der Waals surface area (Å²) in [5.41, 5.74) is 2.60. The molecule has 4 rings (SSSR count). The van der Waals surface area contributed by atoms with Crippen molar-refractivity contribution in [3.05, 3.63) is 106 Å². The van der Waals surface area contributed by atoms with E-state index >= 15 is 0 Å². The number of ether oxygens (including phenoxy) is 1. The fraction of sp³-hybridized carbons (Fsp3) is 0.0870. The number of benzene rings is 2. The van der Waals surface area contributed by atoms with Gasteiger partial charge in [-0.25, -0.2) is 9.37 Å². The quantitative estimate of drug-likeness (QED) is 0.547. The van der Waals surface area contributed by atoms with E-state index in [4.69, 9.17) is 4.74 Å². The monoisotopic (exact) mass is 403 g/mol. The van der Waals surface area contributed by atoms with Crippen molar-refractivity contribution in [2.75, 3.05) is 5.32 Å². The highest BCUT2D eigenvalue weighted by molar-refractivity contribution is 6.04. The van der Waals surface area contributed by atoms with E-state index in [2.05, 4.69) is 10.3 Å². The first-order chi connectivity index (χ1) is 14.5. The zero-order valence-corrected chi connectivity index (χ0v) is 16.1. The Hall–Kier alpha value is -4.00. The van der Waals surface area contributed by atoms with Crippen LogP contribution in [0.5, 0.6) is 5.75 Å². The van der Waals surface area contributed by atoms with E-state index < -0.39 is 5.82 Å². The van der Waals surface area contributed by atoms with Crippen LogP contribution in [0.3, 0.4) is 0 Å². The van der Waals surface area contributed by atoms with E-state index in [-0.39, 0.29) is 18.1 Å². The molecule has 0 unspecified atom stereocenters. The minimum Gasteiger partial charge on any atom is -0.485 e. The summed E-state index contributed by atoms with van der Waals surface area (Å²) in [5.74, 6) is -0.368. The highest BCUT2D eigenvalue weighted by atomic mass is 19.1. The average molecular weight is 403 g/mol. The first kappa shape index (κ1) is 19.3. The third-order valence-corrected chi connectivity index (χ3v) is 4.49. The molecule has 6 nitrogen and oxygen atoms in total. The van der Waals surface area contributed by atoms with Crippen LogP contribution >= 0.6 is 0 Å². The molecule has 150 valence electrons. The van der Waals surface area contributed by atoms with Gasteiger partial charge in [-0.05, 0) is 61.0 Å². The van der Waals surface area contributed by atoms with E-state index in [0.717, 1.165) is 5.56 Å². The van der Waals surface area contributed by atoms with Crippen LogP contribution in [0, 0.1) is 12.7 Å². The van der Waals surface area contributed by atoms with Crippen LogP contribution in [0.25, 0.3) is 5.65 Å². The Balaban J connectivity index is 1.53. The molecule has 0 aliphatic rings. The van der Waals surface area contributed by atoms with Gasteiger partial charge in [0.05, 0.1) is 11.4 Å². The zero-order chi connectivity index (χ0) is 21.1. The van der Waals surface area contributed by atoms with Gasteiger partial charge in [-0.3, -0.25) is 14.0 Å². The third-order valence-electron chi connectivity index (χ3n) is 4.49. The van der Waals surface area contributed by atoms with Gasteiger partial charge in [-0.1, -0.05) is 12.1 Å². The summed E-state index contributed by atoms with van der Waals surface area (Å²) in [4.78, 5) is 29.2. The highest BCUT2D eigenvalue weighted by Gasteiger charge is 2.11. The largest absolute Gasteiger partial charge is 0.485 e. The number of para-hydroxylation sites is 2. The smallest absolute Gasteiger partial charge is 0.258 e. The molecule has 0 aliphatic heterocycles. The number of halogens is 1. The maximum atomic E-state index is 13.1. The average Bonchev–Trinajstić information content (AvgIpc) is 2.73. The summed E-state index contributed by atoms with van der Waals surface area (Å²) in [5, 5.41) is 2.76. The second kappa shape index (κ2) is 8.16. The molecule has 0 radical (unpaired) electrons. The maximum Gasteiger partial charge on any atom is 0.258 e. The van der Waals surface area contributed by atoms with Gasteiger partial charge < -0.3 is 10.1 Å². The summed E-state index contributed by atoms with van der Waals surface area (Å²) in [7, 11) is 0. The Labute approximate surface area is 171 Å². The number of aromatic nitrogens is 2. The van der Waals surface area contributed by atoms with Gasteiger partial charge >= 0.3 is 0 Å². The minimum absolute atomic E-state index is 0.0586. The van der Waals surface area contributed by atoms with Crippen LogP contribution in [0.4, 0.5) is 10.1 Å². The molecule has 0 bridgehead atoms. The summed E-state index contributed by atoms with van der Waals surface area (Å²) in [6.07, 6.45) is 1.69. The molecule has 2 aromatic carbocycles. The molecular formula is C23H18FN3O3. The van der Waals surface area contributed by atoms with E-state index in [9.17, 15) is 14.0 Å². The molecule has 0 saturated carbocycles. The number of hydrogen-bond acceptors (Lipinski definition) is 4. The number of hydrogen-bond donors (Lipinski definition) is 1. The van der Waals surface area contributed by atoms with Crippen molar-refractivity contribution >= 4 is 17.2 Å². The molecule has 2 aromatic heterocycles. The maximum absolute atomic E-state index is 13.1. The van der Waals surface area contributed by atoms with E-state index in [1.54, 1.807) is 30.5 Å². The number of nitrogens with one attached hydrogen (secondary N) is 1. The van der Waals surface area contributed by atoms with Crippen molar-refractivity contribution in [2.24, 2.45) is 0 Å². The first-order valence-electron chi connectivity index (χ1n) is 9.27. The predicted molar refractivity (Wildman–Crippen MR) is 111 cm³/mol. The molecule has 1 amide bonds. The highest BCUT2D eigenvalue weighted by Crippen LogP contribution is 2.25. The Morgan fingerprint density at radius 1 is 1.10 bits per heavy atom. The second-order valence-electron chi connectivity index (χ2n) is 6.76. The SMILES string of the molecule is Cc1ccn2c(=O)cc(COc3ccccc3NC(=O)c3ccc(F)cc3)nc2c1. The number of pyridine rings is 1. The normalized spacial score (nSPS) is 10.7. The molecule has 0 atom stereocenters. The molecule has 1 N–H and O–H groups in total. The van der Waals surface area contributed by atoms with Crippen LogP contribution in [0.15, 0.2) is 77.7 Å². The van der Waals surface area contributed by atoms with Crippen molar-refractivity contribution in [1.29, 1.82) is 0 Å². The number of fused-ring (bicyclic) bond motifs is 1. The summed E-state index contributed by atoms with van der Waals surface area (Å²) in [6, 6.07) is 17.3. The third kappa shape index (κ3) is 4.20. The van der Waals surface area contributed by atoms with Crippen molar-refractivity contribution < 1.29 is 13.9 Å². The number of aryl methyl sites for hydroxylation is 1. The second-order valence-corrected chi connectivity index (χ2v) is 6.76. The number of anilines is 1. The van der Waals surface area contributed by atoms with Crippen molar-refractivity contribution in [2.45, 2.75) is 13.5 Å². The number of carbonyl (C=O) groups is 1. The van der Waals surface area contributed by atoms with Gasteiger partial charge in [0.15, 0.2) is 0 Å². The molecule has 0 spiro atoms. The number of nitrogens with zero attached hydrogens (tertiary/aromatic N) is 2. The lowest BCUT2D eigenvalue weighted by Gasteiger charge is -2.12. The molecular weight excluding hydrogens is 385 g/mol. The van der Waals surface area contributed by atoms with E-state index in [1.807, 2.05) is 19.1 Å². The van der Waals surface area contributed by atoms with Crippen molar-refractivity contribution in [3.63, 3.8) is 0 Å². The van der Waals surface area contributed by atoms with Gasteiger partial charge in [0.1, 0.15) is 23.8 Å². The lowest BCUT2D eigenvalue weighted by molar-refractivity contribution is 0.102. The number of amides is 1. The van der Waals surface area contributed by atoms with Gasteiger partial charge in [0, 0.05) is 17.8 Å². The lowest BCUT2D eigenvalue weighted by Crippen LogP contribution is -2.17. The topological polar surface area (TPSA) is 72.7 Å². The molecule has 2 heterocycles. The first-order valence-corrected chi connectivity index (χ1v) is 9.27. The fourth-order valence-electron chi connectivity index (χ4n) is 2.97. The Morgan fingerprint density at radius 3 is 2.67 bits per heavy atom. The summed E-state index contributed by atoms with van der Waals surface area (Å²) in [6.45, 7) is 1.98. The van der Waals surface area contributed by atoms with Crippen LogP contribution in [0.2, 0.25) is 0 Å². The Morgan fingerprint density at radius 2 is 1.87 bits per heavy atom. The summed E-state index contributed by atoms with van der Waals surface area (Å²) < 4.78 is 20.4. The molecule has 4 aromatic rings. The molecule has 0 aliphatic carbocycles. The van der Waals surface area contributed by atoms with E-state index in [1.165, 1.54) is 34.7 Å². The van der Waals surface area contributed by atoms with Gasteiger partial charge in [0.2, 0.25) is 0 Å². The Bertz CT molecular complexity index is 1280. The number of rotatable bonds is 5. The Kier molecular flexibility index (Phi) is 5.26. The van der Waals surface area contributed by atoms with Crippen LogP contribution in [-0.2, 0) is 6.61 Å². The van der Waals surface area contributed by atoms with Gasteiger partial charge in [-0.2, -0.15) is 0 Å². The van der Waals surface area contributed by atoms with Crippen molar-refractivity contribution in [1.82, 2.24) is 9.38 Å². The molecule has 0 fully saturated rings. The summed E-state index contributed by atoms with van der Waals surface area (Å²) >= 11 is 0. The van der Waals surface area contributed by atoms with Crippen molar-refractivity contribution in [3.8, 4) is 5.75 Å². The molecule has 7 heteroatoms. The fourth-order valence-corrected chi connectivity index (χ4v) is 2.97. The van der Waals surface area contributed by atoms with Gasteiger partial charge in [0.25, 0.3) is 11.5 Å². The standard InChI is InChI=1S/C23H18FN3O3/c1-15-10-11-27-21(12-15)25-18(13-22(27)28)14-30-20-5-3-2-4-19(20)26-23(29)16-6-8-17(24)9-7-16/h2-13H,14H2,1H3,(H,26,29). The molecule has 0 saturated heterocycles. The van der Waals surface area contributed by atoms with Crippen LogP contribution in [-0.4, -0.2) is 15.3 Å². The van der Waals surface area contributed by atoms with Crippen LogP contribution in [0.1, 0.15) is 21.6 Å². The zero-order valence-electron chi connectivity index (χ0n) is 16.1. The number of carbonyl (C=O) groups excluding carboxylic acids is 1. The molecule has 30 heavy (non-hydrogen) atoms.